The Hall–Kier alpha value is -1.53. The molecule has 0 radical (unpaired) electrons. The summed E-state index contributed by atoms with van der Waals surface area (Å²) in [5.41, 5.74) is 0.749. The predicted molar refractivity (Wildman–Crippen MR) is 98.7 cm³/mol. The lowest BCUT2D eigenvalue weighted by molar-refractivity contribution is -0.115. The van der Waals surface area contributed by atoms with Crippen molar-refractivity contribution in [2.45, 2.75) is 29.2 Å². The Bertz CT molecular complexity index is 704. The van der Waals surface area contributed by atoms with Gasteiger partial charge in [0.15, 0.2) is 0 Å². The minimum atomic E-state index is -0.588. The first-order chi connectivity index (χ1) is 11.4. The maximum Gasteiger partial charge on any atom is 0.237 e. The number of carbonyl (C=O) groups excluding carboxylic acids is 1. The topological polar surface area (TPSA) is 29.1 Å². The van der Waals surface area contributed by atoms with Gasteiger partial charge in [0.05, 0.1) is 10.9 Å². The van der Waals surface area contributed by atoms with E-state index in [-0.39, 0.29) is 11.5 Å². The number of hydrogen-bond acceptors (Lipinski definition) is 3. The number of carbonyl (C=O) groups is 1. The molecule has 2 unspecified atom stereocenters. The number of halogens is 2. The quantitative estimate of drug-likeness (QED) is 0.683. The third kappa shape index (κ3) is 4.51. The normalized spacial score (nSPS) is 13.4. The fraction of sp³-hybridized carbons (Fsp3) is 0.278. The van der Waals surface area contributed by atoms with Gasteiger partial charge in [-0.25, -0.2) is 8.78 Å². The summed E-state index contributed by atoms with van der Waals surface area (Å²) in [6.45, 7) is 3.43. The van der Waals surface area contributed by atoms with Crippen LogP contribution in [0.15, 0.2) is 47.4 Å². The molecule has 2 rings (SSSR count). The Labute approximate surface area is 149 Å². The lowest BCUT2D eigenvalue weighted by Gasteiger charge is -2.19. The summed E-state index contributed by atoms with van der Waals surface area (Å²) < 4.78 is 27.7. The highest BCUT2D eigenvalue weighted by Gasteiger charge is 2.22. The second kappa shape index (κ2) is 8.53. The Kier molecular flexibility index (Phi) is 6.69. The average molecular weight is 367 g/mol. The fourth-order valence-electron chi connectivity index (χ4n) is 2.32. The average Bonchev–Trinajstić information content (AvgIpc) is 2.55. The van der Waals surface area contributed by atoms with Crippen molar-refractivity contribution >= 4 is 35.1 Å². The smallest absolute Gasteiger partial charge is 0.237 e. The van der Waals surface area contributed by atoms with Crippen molar-refractivity contribution in [1.29, 1.82) is 0 Å². The van der Waals surface area contributed by atoms with Crippen molar-refractivity contribution in [1.82, 2.24) is 0 Å². The molecular formula is C18H19F2NOS2. The van der Waals surface area contributed by atoms with Gasteiger partial charge in [-0.3, -0.25) is 4.79 Å². The highest BCUT2D eigenvalue weighted by Crippen LogP contribution is 2.35. The van der Waals surface area contributed by atoms with Crippen LogP contribution in [0.2, 0.25) is 0 Å². The molecule has 0 saturated heterocycles. The van der Waals surface area contributed by atoms with Gasteiger partial charge in [-0.2, -0.15) is 0 Å². The standard InChI is InChI=1S/C18H19F2NOS2/c1-11(17-13(19)7-6-8-14(17)20)24-12(2)18(22)21-15-9-4-5-10-16(15)23-3/h4-12H,1-3H3,(H,21,22). The summed E-state index contributed by atoms with van der Waals surface area (Å²) in [6, 6.07) is 11.3. The van der Waals surface area contributed by atoms with E-state index >= 15 is 0 Å². The molecule has 128 valence electrons. The molecule has 0 saturated carbocycles. The van der Waals surface area contributed by atoms with Crippen molar-refractivity contribution in [3.63, 3.8) is 0 Å². The number of para-hydroxylation sites is 1. The SMILES string of the molecule is CSc1ccccc1NC(=O)C(C)SC(C)c1c(F)cccc1F. The molecule has 0 heterocycles. The van der Waals surface area contributed by atoms with Crippen LogP contribution >= 0.6 is 23.5 Å². The van der Waals surface area contributed by atoms with Crippen LogP contribution in [0.3, 0.4) is 0 Å². The van der Waals surface area contributed by atoms with Crippen molar-refractivity contribution in [2.75, 3.05) is 11.6 Å². The minimum absolute atomic E-state index is 0.00617. The second-order valence-corrected chi connectivity index (χ2v) is 7.78. The first-order valence-electron chi connectivity index (χ1n) is 7.47. The predicted octanol–water partition coefficient (Wildman–Crippen LogP) is 5.51. The van der Waals surface area contributed by atoms with Gasteiger partial charge in [-0.15, -0.1) is 23.5 Å². The fourth-order valence-corrected chi connectivity index (χ4v) is 4.03. The van der Waals surface area contributed by atoms with Crippen LogP contribution in [0.25, 0.3) is 0 Å². The van der Waals surface area contributed by atoms with Crippen LogP contribution in [-0.4, -0.2) is 17.4 Å². The van der Waals surface area contributed by atoms with Gasteiger partial charge >= 0.3 is 0 Å². The van der Waals surface area contributed by atoms with Crippen LogP contribution < -0.4 is 5.32 Å². The molecule has 6 heteroatoms. The number of thioether (sulfide) groups is 2. The highest BCUT2D eigenvalue weighted by atomic mass is 32.2. The van der Waals surface area contributed by atoms with Gasteiger partial charge in [-0.05, 0) is 44.4 Å². The maximum absolute atomic E-state index is 13.8. The molecule has 1 N–H and O–H groups in total. The lowest BCUT2D eigenvalue weighted by Crippen LogP contribution is -2.23. The number of anilines is 1. The Morgan fingerprint density at radius 1 is 1.04 bits per heavy atom. The van der Waals surface area contributed by atoms with Gasteiger partial charge in [0, 0.05) is 15.7 Å². The molecule has 2 nitrogen and oxygen atoms in total. The van der Waals surface area contributed by atoms with Crippen molar-refractivity contribution < 1.29 is 13.6 Å². The monoisotopic (exact) mass is 367 g/mol. The third-order valence-corrected chi connectivity index (χ3v) is 5.61. The van der Waals surface area contributed by atoms with Crippen LogP contribution in [0.1, 0.15) is 24.7 Å². The molecular weight excluding hydrogens is 348 g/mol. The Morgan fingerprint density at radius 2 is 1.67 bits per heavy atom. The van der Waals surface area contributed by atoms with Gasteiger partial charge < -0.3 is 5.32 Å². The molecule has 1 amide bonds. The summed E-state index contributed by atoms with van der Waals surface area (Å²) in [4.78, 5) is 13.4. The van der Waals surface area contributed by atoms with Crippen molar-refractivity contribution in [3.8, 4) is 0 Å². The summed E-state index contributed by atoms with van der Waals surface area (Å²) in [5, 5.41) is 1.96. The molecule has 0 aromatic heterocycles. The zero-order valence-corrected chi connectivity index (χ0v) is 15.3. The second-order valence-electron chi connectivity index (χ2n) is 5.25. The molecule has 2 atom stereocenters. The number of hydrogen-bond donors (Lipinski definition) is 1. The van der Waals surface area contributed by atoms with Gasteiger partial charge in [0.2, 0.25) is 5.91 Å². The third-order valence-electron chi connectivity index (χ3n) is 3.55. The summed E-state index contributed by atoms with van der Waals surface area (Å²) >= 11 is 2.77. The van der Waals surface area contributed by atoms with E-state index in [1.807, 2.05) is 30.5 Å². The summed E-state index contributed by atoms with van der Waals surface area (Å²) in [7, 11) is 0. The molecule has 2 aromatic carbocycles. The summed E-state index contributed by atoms with van der Waals surface area (Å²) in [6.07, 6.45) is 1.94. The van der Waals surface area contributed by atoms with Crippen molar-refractivity contribution in [2.24, 2.45) is 0 Å². The number of rotatable bonds is 6. The minimum Gasteiger partial charge on any atom is -0.324 e. The van der Waals surface area contributed by atoms with E-state index < -0.39 is 22.1 Å². The number of benzene rings is 2. The van der Waals surface area contributed by atoms with E-state index in [1.165, 1.54) is 30.0 Å². The molecule has 0 aliphatic rings. The van der Waals surface area contributed by atoms with E-state index in [1.54, 1.807) is 25.6 Å². The molecule has 2 aromatic rings. The lowest BCUT2D eigenvalue weighted by atomic mass is 10.1. The van der Waals surface area contributed by atoms with E-state index in [4.69, 9.17) is 0 Å². The van der Waals surface area contributed by atoms with E-state index in [0.29, 0.717) is 0 Å². The van der Waals surface area contributed by atoms with Crippen molar-refractivity contribution in [3.05, 3.63) is 59.7 Å². The zero-order chi connectivity index (χ0) is 17.7. The van der Waals surface area contributed by atoms with E-state index in [2.05, 4.69) is 5.32 Å². The van der Waals surface area contributed by atoms with Gasteiger partial charge in [0.25, 0.3) is 0 Å². The molecule has 0 aliphatic heterocycles. The van der Waals surface area contributed by atoms with Gasteiger partial charge in [-0.1, -0.05) is 18.2 Å². The van der Waals surface area contributed by atoms with Gasteiger partial charge in [0.1, 0.15) is 11.6 Å². The van der Waals surface area contributed by atoms with Crippen LogP contribution in [0.5, 0.6) is 0 Å². The van der Waals surface area contributed by atoms with Crippen LogP contribution in [0.4, 0.5) is 14.5 Å². The molecule has 0 bridgehead atoms. The number of amides is 1. The maximum atomic E-state index is 13.8. The molecule has 0 fully saturated rings. The van der Waals surface area contributed by atoms with E-state index in [0.717, 1.165) is 10.6 Å². The highest BCUT2D eigenvalue weighted by molar-refractivity contribution is 8.00. The Morgan fingerprint density at radius 3 is 2.29 bits per heavy atom. The molecule has 0 aliphatic carbocycles. The van der Waals surface area contributed by atoms with E-state index in [9.17, 15) is 13.6 Å². The Balaban J connectivity index is 2.06. The largest absolute Gasteiger partial charge is 0.324 e. The first kappa shape index (κ1) is 18.8. The first-order valence-corrected chi connectivity index (χ1v) is 9.64. The molecule has 24 heavy (non-hydrogen) atoms. The van der Waals surface area contributed by atoms with Crippen LogP contribution in [-0.2, 0) is 4.79 Å². The summed E-state index contributed by atoms with van der Waals surface area (Å²) in [5.74, 6) is -1.37. The zero-order valence-electron chi connectivity index (χ0n) is 13.7. The molecule has 0 spiro atoms. The van der Waals surface area contributed by atoms with Crippen LogP contribution in [0, 0.1) is 11.6 Å². The number of nitrogens with one attached hydrogen (secondary N) is 1.